The Bertz CT molecular complexity index is 1220. The number of fused-ring (bicyclic) bond motifs is 1. The van der Waals surface area contributed by atoms with Crippen molar-refractivity contribution in [3.63, 3.8) is 0 Å². The van der Waals surface area contributed by atoms with E-state index in [1.54, 1.807) is 0 Å². The zero-order chi connectivity index (χ0) is 31.6. The monoisotopic (exact) mass is 608 g/mol. The molecule has 10 heteroatoms. The average molecular weight is 609 g/mol. The standard InChI is InChI=1S/C24H26N2O6.2C5H11N/c27-21(25-13-5-1-2-6-13)15-9-11-18(24(31)32)20-16(10-12-17(19(15)20)23(29)30)22(28)26-14-7-3-4-8-14;2*6-5-3-1-2-4-5/h9-14H,1-8H2,(H,25,27)(H,26,28)(H,29,30)(H,31,32);2*5H,1-4,6H2. The maximum absolute atomic E-state index is 13.1. The Morgan fingerprint density at radius 3 is 1.02 bits per heavy atom. The number of nitrogens with one attached hydrogen (secondary N) is 2. The first-order valence-electron chi connectivity index (χ1n) is 16.3. The van der Waals surface area contributed by atoms with Crippen LogP contribution < -0.4 is 22.1 Å². The number of carboxylic acids is 2. The molecule has 0 aromatic heterocycles. The van der Waals surface area contributed by atoms with E-state index in [2.05, 4.69) is 10.6 Å². The minimum atomic E-state index is -1.30. The molecule has 2 aromatic carbocycles. The highest BCUT2D eigenvalue weighted by Crippen LogP contribution is 2.32. The highest BCUT2D eigenvalue weighted by molar-refractivity contribution is 6.23. The van der Waals surface area contributed by atoms with Gasteiger partial charge in [0.2, 0.25) is 0 Å². The van der Waals surface area contributed by atoms with E-state index in [4.69, 9.17) is 11.5 Å². The van der Waals surface area contributed by atoms with Crippen LogP contribution in [0.25, 0.3) is 10.8 Å². The van der Waals surface area contributed by atoms with Crippen molar-refractivity contribution < 1.29 is 29.4 Å². The Morgan fingerprint density at radius 2 is 0.773 bits per heavy atom. The number of benzene rings is 2. The maximum atomic E-state index is 13.1. The van der Waals surface area contributed by atoms with Gasteiger partial charge in [-0.25, -0.2) is 9.59 Å². The molecule has 2 amide bonds. The third-order valence-corrected chi connectivity index (χ3v) is 9.29. The second-order valence-corrected chi connectivity index (χ2v) is 12.7. The molecule has 4 fully saturated rings. The molecular weight excluding hydrogens is 560 g/mol. The maximum Gasteiger partial charge on any atom is 0.336 e. The fourth-order valence-electron chi connectivity index (χ4n) is 6.81. The van der Waals surface area contributed by atoms with Crippen LogP contribution in [0.4, 0.5) is 0 Å². The molecule has 2 aromatic rings. The van der Waals surface area contributed by atoms with Crippen LogP contribution in [0.2, 0.25) is 0 Å². The number of carbonyl (C=O) groups is 4. The van der Waals surface area contributed by atoms with Gasteiger partial charge in [-0.3, -0.25) is 9.59 Å². The van der Waals surface area contributed by atoms with Crippen LogP contribution in [0.15, 0.2) is 24.3 Å². The SMILES string of the molecule is NC1CCCC1.NC1CCCC1.O=C(O)c1ccc(C(=O)NC2CCCC2)c2c(C(=O)O)ccc(C(=O)NC3CCCC3)c12. The van der Waals surface area contributed by atoms with Crippen LogP contribution in [0.5, 0.6) is 0 Å². The molecule has 6 rings (SSSR count). The van der Waals surface area contributed by atoms with E-state index in [1.165, 1.54) is 75.6 Å². The molecule has 44 heavy (non-hydrogen) atoms. The van der Waals surface area contributed by atoms with Crippen molar-refractivity contribution >= 4 is 34.5 Å². The van der Waals surface area contributed by atoms with Crippen molar-refractivity contribution in [3.8, 4) is 0 Å². The van der Waals surface area contributed by atoms with Gasteiger partial charge in [-0.15, -0.1) is 0 Å². The molecule has 0 saturated heterocycles. The summed E-state index contributed by atoms with van der Waals surface area (Å²) < 4.78 is 0. The number of nitrogens with two attached hydrogens (primary N) is 2. The van der Waals surface area contributed by atoms with E-state index in [0.717, 1.165) is 51.4 Å². The minimum absolute atomic E-state index is 0.00109. The topological polar surface area (TPSA) is 185 Å². The van der Waals surface area contributed by atoms with Gasteiger partial charge in [-0.1, -0.05) is 51.4 Å². The third-order valence-electron chi connectivity index (χ3n) is 9.29. The van der Waals surface area contributed by atoms with Gasteiger partial charge in [0.15, 0.2) is 0 Å². The minimum Gasteiger partial charge on any atom is -0.478 e. The molecule has 0 bridgehead atoms. The summed E-state index contributed by atoms with van der Waals surface area (Å²) in [6.45, 7) is 0. The molecule has 240 valence electrons. The Morgan fingerprint density at radius 1 is 0.500 bits per heavy atom. The van der Waals surface area contributed by atoms with Crippen molar-refractivity contribution in [1.82, 2.24) is 10.6 Å². The first-order chi connectivity index (χ1) is 21.2. The number of aromatic carboxylic acids is 2. The van der Waals surface area contributed by atoms with Gasteiger partial charge in [-0.05, 0) is 75.6 Å². The van der Waals surface area contributed by atoms with Gasteiger partial charge in [0, 0.05) is 46.1 Å². The first-order valence-corrected chi connectivity index (χ1v) is 16.3. The smallest absolute Gasteiger partial charge is 0.336 e. The van der Waals surface area contributed by atoms with E-state index in [0.29, 0.717) is 12.1 Å². The van der Waals surface area contributed by atoms with Gasteiger partial charge in [0.05, 0.1) is 11.1 Å². The van der Waals surface area contributed by atoms with Gasteiger partial charge >= 0.3 is 11.9 Å². The summed E-state index contributed by atoms with van der Waals surface area (Å²) in [6.07, 6.45) is 17.9. The number of hydrogen-bond acceptors (Lipinski definition) is 6. The van der Waals surface area contributed by atoms with Crippen LogP contribution in [-0.4, -0.2) is 58.1 Å². The Kier molecular flexibility index (Phi) is 12.1. The van der Waals surface area contributed by atoms with E-state index >= 15 is 0 Å². The lowest BCUT2D eigenvalue weighted by Crippen LogP contribution is -2.34. The predicted molar refractivity (Wildman–Crippen MR) is 170 cm³/mol. The number of carbonyl (C=O) groups excluding carboxylic acids is 2. The molecule has 4 saturated carbocycles. The molecule has 0 heterocycles. The quantitative estimate of drug-likeness (QED) is 0.253. The molecule has 8 N–H and O–H groups in total. The van der Waals surface area contributed by atoms with Crippen molar-refractivity contribution in [2.45, 2.75) is 127 Å². The highest BCUT2D eigenvalue weighted by Gasteiger charge is 2.28. The zero-order valence-electron chi connectivity index (χ0n) is 25.6. The zero-order valence-corrected chi connectivity index (χ0v) is 25.6. The fraction of sp³-hybridized carbons (Fsp3) is 0.588. The second-order valence-electron chi connectivity index (χ2n) is 12.7. The molecule has 4 aliphatic carbocycles. The van der Waals surface area contributed by atoms with Gasteiger partial charge in [-0.2, -0.15) is 0 Å². The summed E-state index contributed by atoms with van der Waals surface area (Å²) >= 11 is 0. The van der Waals surface area contributed by atoms with Crippen molar-refractivity contribution in [1.29, 1.82) is 0 Å². The highest BCUT2D eigenvalue weighted by atomic mass is 16.4. The van der Waals surface area contributed by atoms with Gasteiger partial charge in [0.25, 0.3) is 11.8 Å². The van der Waals surface area contributed by atoms with Crippen LogP contribution in [-0.2, 0) is 0 Å². The average Bonchev–Trinajstić information content (AvgIpc) is 3.83. The molecule has 0 atom stereocenters. The van der Waals surface area contributed by atoms with Crippen LogP contribution in [0.3, 0.4) is 0 Å². The summed E-state index contributed by atoms with van der Waals surface area (Å²) in [6, 6.07) is 6.30. The van der Waals surface area contributed by atoms with Crippen molar-refractivity contribution in [2.75, 3.05) is 0 Å². The lowest BCUT2D eigenvalue weighted by molar-refractivity contribution is 0.0686. The molecule has 0 radical (unpaired) electrons. The van der Waals surface area contributed by atoms with Crippen LogP contribution in [0, 0.1) is 0 Å². The Hall–Kier alpha value is -3.50. The molecule has 0 unspecified atom stereocenters. The van der Waals surface area contributed by atoms with Gasteiger partial charge in [0.1, 0.15) is 0 Å². The Balaban J connectivity index is 0.000000304. The fourth-order valence-corrected chi connectivity index (χ4v) is 6.81. The third kappa shape index (κ3) is 8.79. The summed E-state index contributed by atoms with van der Waals surface area (Å²) in [5.41, 5.74) is 10.8. The molecule has 0 aliphatic heterocycles. The van der Waals surface area contributed by atoms with Crippen molar-refractivity contribution in [2.24, 2.45) is 11.5 Å². The number of carboxylic acid groups (broad SMARTS) is 2. The van der Waals surface area contributed by atoms with E-state index in [-0.39, 0.29) is 45.1 Å². The first kappa shape index (κ1) is 33.4. The lowest BCUT2D eigenvalue weighted by atomic mass is 9.90. The van der Waals surface area contributed by atoms with Crippen LogP contribution >= 0.6 is 0 Å². The second kappa shape index (κ2) is 16.0. The molecule has 4 aliphatic rings. The lowest BCUT2D eigenvalue weighted by Gasteiger charge is -2.18. The Labute approximate surface area is 259 Å². The normalized spacial score (nSPS) is 19.2. The number of rotatable bonds is 6. The number of hydrogen-bond donors (Lipinski definition) is 6. The predicted octanol–water partition coefficient (Wildman–Crippen LogP) is 5.36. The molecule has 10 nitrogen and oxygen atoms in total. The van der Waals surface area contributed by atoms with E-state index in [9.17, 15) is 29.4 Å². The summed E-state index contributed by atoms with van der Waals surface area (Å²) in [5, 5.41) is 25.4. The van der Waals surface area contributed by atoms with E-state index < -0.39 is 23.8 Å². The summed E-state index contributed by atoms with van der Waals surface area (Å²) in [7, 11) is 0. The molecular formula is C34H48N4O6. The number of amides is 2. The van der Waals surface area contributed by atoms with E-state index in [1.807, 2.05) is 0 Å². The summed E-state index contributed by atoms with van der Waals surface area (Å²) in [4.78, 5) is 50.1. The summed E-state index contributed by atoms with van der Waals surface area (Å²) in [5.74, 6) is -3.52. The molecule has 0 spiro atoms. The largest absolute Gasteiger partial charge is 0.478 e. The van der Waals surface area contributed by atoms with Crippen LogP contribution in [0.1, 0.15) is 144 Å². The van der Waals surface area contributed by atoms with Crippen molar-refractivity contribution in [3.05, 3.63) is 46.5 Å². The van der Waals surface area contributed by atoms with Gasteiger partial charge < -0.3 is 32.3 Å².